The summed E-state index contributed by atoms with van der Waals surface area (Å²) in [5, 5.41) is 5.81. The summed E-state index contributed by atoms with van der Waals surface area (Å²) in [5.74, 6) is 0.823. The quantitative estimate of drug-likeness (QED) is 0.731. The van der Waals surface area contributed by atoms with Gasteiger partial charge in [-0.05, 0) is 52.3 Å². The highest BCUT2D eigenvalue weighted by atomic mass is 16.5. The van der Waals surface area contributed by atoms with E-state index in [0.717, 1.165) is 24.4 Å². The number of nitrogens with one attached hydrogen (secondary N) is 2. The number of hydrogen-bond acceptors (Lipinski definition) is 4. The zero-order chi connectivity index (χ0) is 19.2. The van der Waals surface area contributed by atoms with Crippen molar-refractivity contribution in [1.29, 1.82) is 0 Å². The van der Waals surface area contributed by atoms with E-state index < -0.39 is 0 Å². The third kappa shape index (κ3) is 6.50. The standard InChI is InChI=1S/C20H33N3O3/c1-15-7-6-8-18(11-15)25-10-9-21-19(24)22-14-20(4,5)23-12-16(2)26-17(3)13-23/h6-8,11,16-17H,9-10,12-14H2,1-5H3,(H2,21,22,24)/t16-,17+. The minimum atomic E-state index is -0.166. The maximum Gasteiger partial charge on any atom is 0.314 e. The molecule has 6 nitrogen and oxygen atoms in total. The summed E-state index contributed by atoms with van der Waals surface area (Å²) >= 11 is 0. The van der Waals surface area contributed by atoms with E-state index in [9.17, 15) is 4.79 Å². The van der Waals surface area contributed by atoms with Gasteiger partial charge in [0, 0.05) is 25.2 Å². The van der Waals surface area contributed by atoms with Crippen LogP contribution in [0.2, 0.25) is 0 Å². The van der Waals surface area contributed by atoms with Gasteiger partial charge in [-0.3, -0.25) is 4.90 Å². The maximum atomic E-state index is 12.0. The van der Waals surface area contributed by atoms with Gasteiger partial charge < -0.3 is 20.1 Å². The summed E-state index contributed by atoms with van der Waals surface area (Å²) in [6.07, 6.45) is 0.427. The van der Waals surface area contributed by atoms with E-state index in [1.165, 1.54) is 0 Å². The summed E-state index contributed by atoms with van der Waals surface area (Å²) in [5.41, 5.74) is 1.03. The van der Waals surface area contributed by atoms with Crippen molar-refractivity contribution in [1.82, 2.24) is 15.5 Å². The Hall–Kier alpha value is -1.79. The predicted octanol–water partition coefficient (Wildman–Crippen LogP) is 2.56. The van der Waals surface area contributed by atoms with Crippen LogP contribution in [0.3, 0.4) is 0 Å². The Bertz CT molecular complexity index is 581. The van der Waals surface area contributed by atoms with Crippen LogP contribution in [-0.2, 0) is 4.74 Å². The van der Waals surface area contributed by atoms with Gasteiger partial charge in [-0.25, -0.2) is 4.79 Å². The van der Waals surface area contributed by atoms with E-state index in [4.69, 9.17) is 9.47 Å². The monoisotopic (exact) mass is 363 g/mol. The second kappa shape index (κ2) is 9.24. The van der Waals surface area contributed by atoms with Crippen molar-refractivity contribution < 1.29 is 14.3 Å². The number of rotatable bonds is 7. The van der Waals surface area contributed by atoms with Crippen molar-refractivity contribution in [2.24, 2.45) is 0 Å². The Balaban J connectivity index is 1.67. The lowest BCUT2D eigenvalue weighted by atomic mass is 10.0. The second-order valence-corrected chi connectivity index (χ2v) is 7.75. The Kier molecular flexibility index (Phi) is 7.29. The van der Waals surface area contributed by atoms with E-state index in [-0.39, 0.29) is 23.8 Å². The summed E-state index contributed by atoms with van der Waals surface area (Å²) in [6.45, 7) is 13.8. The molecule has 146 valence electrons. The molecular weight excluding hydrogens is 330 g/mol. The second-order valence-electron chi connectivity index (χ2n) is 7.75. The molecule has 26 heavy (non-hydrogen) atoms. The molecule has 2 amide bonds. The van der Waals surface area contributed by atoms with Crippen molar-refractivity contribution >= 4 is 6.03 Å². The van der Waals surface area contributed by atoms with Crippen LogP contribution < -0.4 is 15.4 Å². The van der Waals surface area contributed by atoms with E-state index in [0.29, 0.717) is 19.7 Å². The number of nitrogens with zero attached hydrogens (tertiary/aromatic N) is 1. The average molecular weight is 364 g/mol. The van der Waals surface area contributed by atoms with Gasteiger partial charge in [0.2, 0.25) is 0 Å². The molecule has 0 aromatic heterocycles. The van der Waals surface area contributed by atoms with Gasteiger partial charge in [-0.2, -0.15) is 0 Å². The van der Waals surface area contributed by atoms with Crippen LogP contribution in [0.15, 0.2) is 24.3 Å². The molecule has 2 N–H and O–H groups in total. The molecule has 1 fully saturated rings. The third-order valence-electron chi connectivity index (χ3n) is 4.60. The topological polar surface area (TPSA) is 62.8 Å². The highest BCUT2D eigenvalue weighted by Gasteiger charge is 2.33. The maximum absolute atomic E-state index is 12.0. The zero-order valence-electron chi connectivity index (χ0n) is 16.7. The zero-order valence-corrected chi connectivity index (χ0v) is 16.7. The molecule has 0 unspecified atom stereocenters. The summed E-state index contributed by atoms with van der Waals surface area (Å²) < 4.78 is 11.4. The fraction of sp³-hybridized carbons (Fsp3) is 0.650. The van der Waals surface area contributed by atoms with Gasteiger partial charge in [0.25, 0.3) is 0 Å². The molecule has 0 aliphatic carbocycles. The van der Waals surface area contributed by atoms with E-state index in [1.807, 2.05) is 31.2 Å². The molecule has 0 radical (unpaired) electrons. The lowest BCUT2D eigenvalue weighted by molar-refractivity contribution is -0.0947. The summed E-state index contributed by atoms with van der Waals surface area (Å²) in [7, 11) is 0. The fourth-order valence-electron chi connectivity index (χ4n) is 3.18. The summed E-state index contributed by atoms with van der Waals surface area (Å²) in [4.78, 5) is 14.4. The highest BCUT2D eigenvalue weighted by molar-refractivity contribution is 5.73. The number of carbonyl (C=O) groups is 1. The van der Waals surface area contributed by atoms with Crippen molar-refractivity contribution in [2.45, 2.75) is 52.4 Å². The first kappa shape index (κ1) is 20.5. The number of ether oxygens (including phenoxy) is 2. The molecule has 0 saturated carbocycles. The van der Waals surface area contributed by atoms with Crippen LogP contribution in [0.25, 0.3) is 0 Å². The predicted molar refractivity (Wildman–Crippen MR) is 104 cm³/mol. The third-order valence-corrected chi connectivity index (χ3v) is 4.60. The van der Waals surface area contributed by atoms with Crippen LogP contribution in [-0.4, -0.2) is 61.5 Å². The lowest BCUT2D eigenvalue weighted by Crippen LogP contribution is -2.59. The first-order valence-corrected chi connectivity index (χ1v) is 9.38. The highest BCUT2D eigenvalue weighted by Crippen LogP contribution is 2.20. The van der Waals surface area contributed by atoms with Gasteiger partial charge in [0.15, 0.2) is 0 Å². The fourth-order valence-corrected chi connectivity index (χ4v) is 3.18. The molecular formula is C20H33N3O3. The number of carbonyl (C=O) groups excluding carboxylic acids is 1. The molecule has 1 aromatic carbocycles. The first-order valence-electron chi connectivity index (χ1n) is 9.38. The molecule has 1 heterocycles. The SMILES string of the molecule is Cc1cccc(OCCNC(=O)NCC(C)(C)N2C[C@@H](C)O[C@@H](C)C2)c1. The Labute approximate surface area is 157 Å². The van der Waals surface area contributed by atoms with Crippen LogP contribution in [0.5, 0.6) is 5.75 Å². The Morgan fingerprint density at radius 3 is 2.62 bits per heavy atom. The van der Waals surface area contributed by atoms with Gasteiger partial charge in [0.1, 0.15) is 12.4 Å². The Morgan fingerprint density at radius 1 is 1.27 bits per heavy atom. The van der Waals surface area contributed by atoms with Gasteiger partial charge in [0.05, 0.1) is 18.8 Å². The number of aryl methyl sites for hydroxylation is 1. The lowest BCUT2D eigenvalue weighted by Gasteiger charge is -2.45. The number of amides is 2. The average Bonchev–Trinajstić information content (AvgIpc) is 2.56. The molecule has 1 saturated heterocycles. The van der Waals surface area contributed by atoms with E-state index in [1.54, 1.807) is 0 Å². The van der Waals surface area contributed by atoms with Crippen molar-refractivity contribution in [3.63, 3.8) is 0 Å². The minimum Gasteiger partial charge on any atom is -0.492 e. The molecule has 1 aliphatic heterocycles. The first-order chi connectivity index (χ1) is 12.3. The van der Waals surface area contributed by atoms with Crippen LogP contribution in [0.1, 0.15) is 33.3 Å². The van der Waals surface area contributed by atoms with Gasteiger partial charge in [-0.1, -0.05) is 12.1 Å². The van der Waals surface area contributed by atoms with Crippen molar-refractivity contribution in [3.05, 3.63) is 29.8 Å². The van der Waals surface area contributed by atoms with E-state index in [2.05, 4.69) is 43.2 Å². The molecule has 1 aromatic rings. The molecule has 0 spiro atoms. The van der Waals surface area contributed by atoms with Crippen molar-refractivity contribution in [2.75, 3.05) is 32.8 Å². The molecule has 2 atom stereocenters. The van der Waals surface area contributed by atoms with E-state index >= 15 is 0 Å². The molecule has 6 heteroatoms. The van der Waals surface area contributed by atoms with Crippen molar-refractivity contribution in [3.8, 4) is 5.75 Å². The van der Waals surface area contributed by atoms with Gasteiger partial charge in [-0.15, -0.1) is 0 Å². The number of urea groups is 1. The summed E-state index contributed by atoms with van der Waals surface area (Å²) in [6, 6.07) is 7.71. The number of morpholine rings is 1. The normalized spacial score (nSPS) is 21.3. The molecule has 1 aliphatic rings. The van der Waals surface area contributed by atoms with Crippen LogP contribution in [0.4, 0.5) is 4.79 Å². The number of benzene rings is 1. The molecule has 0 bridgehead atoms. The minimum absolute atomic E-state index is 0.123. The number of hydrogen-bond donors (Lipinski definition) is 2. The molecule has 2 rings (SSSR count). The van der Waals surface area contributed by atoms with Crippen LogP contribution >= 0.6 is 0 Å². The van der Waals surface area contributed by atoms with Crippen LogP contribution in [0, 0.1) is 6.92 Å². The largest absolute Gasteiger partial charge is 0.492 e. The van der Waals surface area contributed by atoms with Gasteiger partial charge >= 0.3 is 6.03 Å². The smallest absolute Gasteiger partial charge is 0.314 e. The Morgan fingerprint density at radius 2 is 1.96 bits per heavy atom.